The van der Waals surface area contributed by atoms with Gasteiger partial charge < -0.3 is 15.7 Å². The molecule has 110 valence electrons. The van der Waals surface area contributed by atoms with Crippen LogP contribution in [0.5, 0.6) is 0 Å². The third kappa shape index (κ3) is 5.30. The van der Waals surface area contributed by atoms with E-state index in [0.29, 0.717) is 28.2 Å². The molecule has 0 aliphatic heterocycles. The summed E-state index contributed by atoms with van der Waals surface area (Å²) >= 11 is 3.19. The van der Waals surface area contributed by atoms with Crippen molar-refractivity contribution in [2.75, 3.05) is 23.4 Å². The van der Waals surface area contributed by atoms with Gasteiger partial charge in [0, 0.05) is 33.3 Å². The zero-order valence-electron chi connectivity index (χ0n) is 10.8. The van der Waals surface area contributed by atoms with Crippen LogP contribution in [-0.4, -0.2) is 39.4 Å². The second-order valence-electron chi connectivity index (χ2n) is 3.81. The summed E-state index contributed by atoms with van der Waals surface area (Å²) in [5.41, 5.74) is 0.588. The minimum Gasteiger partial charge on any atom is -0.478 e. The van der Waals surface area contributed by atoms with Gasteiger partial charge in [-0.25, -0.2) is 9.59 Å². The van der Waals surface area contributed by atoms with Crippen molar-refractivity contribution in [3.05, 3.63) is 28.2 Å². The highest BCUT2D eigenvalue weighted by molar-refractivity contribution is 9.10. The van der Waals surface area contributed by atoms with E-state index >= 15 is 0 Å². The van der Waals surface area contributed by atoms with Crippen molar-refractivity contribution < 1.29 is 18.9 Å². The number of carbonyl (C=O) groups excluding carboxylic acids is 1. The van der Waals surface area contributed by atoms with Gasteiger partial charge in [-0.1, -0.05) is 6.92 Å². The molecule has 0 saturated heterocycles. The number of aromatic carboxylic acids is 1. The lowest BCUT2D eigenvalue weighted by atomic mass is 10.2. The first-order valence-electron chi connectivity index (χ1n) is 5.86. The minimum atomic E-state index is -1.04. The first-order valence-corrected chi connectivity index (χ1v) is 8.14. The zero-order chi connectivity index (χ0) is 15.1. The summed E-state index contributed by atoms with van der Waals surface area (Å²) in [5.74, 6) is -0.0714. The van der Waals surface area contributed by atoms with Crippen LogP contribution in [0.25, 0.3) is 0 Å². The Morgan fingerprint density at radius 1 is 1.40 bits per heavy atom. The fourth-order valence-electron chi connectivity index (χ4n) is 1.34. The summed E-state index contributed by atoms with van der Waals surface area (Å²) < 4.78 is 11.7. The predicted octanol–water partition coefficient (Wildman–Crippen LogP) is 2.04. The molecule has 3 N–H and O–H groups in total. The summed E-state index contributed by atoms with van der Waals surface area (Å²) in [5, 5.41) is 14.0. The molecule has 1 aromatic rings. The van der Waals surface area contributed by atoms with Crippen LogP contribution in [0.2, 0.25) is 0 Å². The summed E-state index contributed by atoms with van der Waals surface area (Å²) in [7, 11) is -0.920. The molecule has 0 radical (unpaired) electrons. The fraction of sp³-hybridized carbons (Fsp3) is 0.333. The molecule has 1 rings (SSSR count). The smallest absolute Gasteiger partial charge is 0.335 e. The van der Waals surface area contributed by atoms with Gasteiger partial charge >= 0.3 is 12.0 Å². The Labute approximate surface area is 127 Å². The molecule has 0 heterocycles. The molecule has 1 atom stereocenters. The van der Waals surface area contributed by atoms with Gasteiger partial charge in [-0.3, -0.25) is 4.21 Å². The third-order valence-corrected chi connectivity index (χ3v) is 4.36. The van der Waals surface area contributed by atoms with E-state index in [0.717, 1.165) is 0 Å². The molecule has 0 spiro atoms. The number of hydrogen-bond acceptors (Lipinski definition) is 3. The number of benzene rings is 1. The van der Waals surface area contributed by atoms with Crippen LogP contribution in [0, 0.1) is 0 Å². The Kier molecular flexibility index (Phi) is 6.66. The number of urea groups is 1. The van der Waals surface area contributed by atoms with E-state index in [1.165, 1.54) is 18.2 Å². The normalized spacial score (nSPS) is 11.7. The maximum atomic E-state index is 11.6. The first-order chi connectivity index (χ1) is 9.43. The monoisotopic (exact) mass is 362 g/mol. The van der Waals surface area contributed by atoms with Gasteiger partial charge in [0.2, 0.25) is 0 Å². The van der Waals surface area contributed by atoms with Gasteiger partial charge in [0.15, 0.2) is 0 Å². The molecule has 1 unspecified atom stereocenters. The number of carbonyl (C=O) groups is 2. The number of amides is 2. The van der Waals surface area contributed by atoms with Gasteiger partial charge in [0.1, 0.15) is 0 Å². The maximum absolute atomic E-state index is 11.6. The highest BCUT2D eigenvalue weighted by Crippen LogP contribution is 2.23. The van der Waals surface area contributed by atoms with E-state index < -0.39 is 22.8 Å². The number of carboxylic acids is 1. The van der Waals surface area contributed by atoms with Crippen LogP contribution < -0.4 is 10.6 Å². The number of rotatable bonds is 6. The second kappa shape index (κ2) is 8.01. The number of hydrogen-bond donors (Lipinski definition) is 3. The van der Waals surface area contributed by atoms with Crippen LogP contribution in [0.15, 0.2) is 22.7 Å². The van der Waals surface area contributed by atoms with Crippen LogP contribution in [0.3, 0.4) is 0 Å². The Morgan fingerprint density at radius 2 is 2.10 bits per heavy atom. The molecule has 0 aromatic heterocycles. The molecule has 2 amide bonds. The van der Waals surface area contributed by atoms with Crippen molar-refractivity contribution in [1.29, 1.82) is 0 Å². The number of halogens is 1. The number of nitrogens with one attached hydrogen (secondary N) is 2. The molecular weight excluding hydrogens is 348 g/mol. The van der Waals surface area contributed by atoms with E-state index in [4.69, 9.17) is 5.11 Å². The SMILES string of the molecule is CCS(=O)CCNC(=O)Nc1ccc(C(=O)O)cc1Br. The molecule has 0 bridgehead atoms. The number of anilines is 1. The highest BCUT2D eigenvalue weighted by Gasteiger charge is 2.09. The Balaban J connectivity index is 2.54. The minimum absolute atomic E-state index is 0.126. The van der Waals surface area contributed by atoms with Crippen molar-refractivity contribution in [3.8, 4) is 0 Å². The van der Waals surface area contributed by atoms with Crippen molar-refractivity contribution in [2.45, 2.75) is 6.92 Å². The number of carboxylic acid groups (broad SMARTS) is 1. The van der Waals surface area contributed by atoms with E-state index in [-0.39, 0.29) is 5.56 Å². The standard InChI is InChI=1S/C12H15BrN2O4S/c1-2-20(19)6-5-14-12(18)15-10-4-3-8(11(16)17)7-9(10)13/h3-4,7H,2,5-6H2,1H3,(H,16,17)(H2,14,15,18). The maximum Gasteiger partial charge on any atom is 0.335 e. The largest absolute Gasteiger partial charge is 0.478 e. The van der Waals surface area contributed by atoms with Crippen molar-refractivity contribution in [3.63, 3.8) is 0 Å². The molecule has 20 heavy (non-hydrogen) atoms. The second-order valence-corrected chi connectivity index (χ2v) is 6.53. The zero-order valence-corrected chi connectivity index (χ0v) is 13.2. The van der Waals surface area contributed by atoms with E-state index in [2.05, 4.69) is 26.6 Å². The van der Waals surface area contributed by atoms with Crippen molar-refractivity contribution in [1.82, 2.24) is 5.32 Å². The van der Waals surface area contributed by atoms with Crippen molar-refractivity contribution >= 4 is 44.4 Å². The van der Waals surface area contributed by atoms with E-state index in [9.17, 15) is 13.8 Å². The van der Waals surface area contributed by atoms with Crippen LogP contribution >= 0.6 is 15.9 Å². The van der Waals surface area contributed by atoms with Gasteiger partial charge in [0.25, 0.3) is 0 Å². The lowest BCUT2D eigenvalue weighted by Crippen LogP contribution is -2.32. The molecule has 0 aliphatic carbocycles. The average Bonchev–Trinajstić information content (AvgIpc) is 2.40. The molecule has 6 nitrogen and oxygen atoms in total. The lowest BCUT2D eigenvalue weighted by Gasteiger charge is -2.09. The molecule has 0 fully saturated rings. The van der Waals surface area contributed by atoms with Gasteiger partial charge in [-0.05, 0) is 34.1 Å². The molecule has 0 saturated carbocycles. The topological polar surface area (TPSA) is 95.5 Å². The van der Waals surface area contributed by atoms with Crippen LogP contribution in [0.1, 0.15) is 17.3 Å². The van der Waals surface area contributed by atoms with Crippen LogP contribution in [0.4, 0.5) is 10.5 Å². The average molecular weight is 363 g/mol. The van der Waals surface area contributed by atoms with Gasteiger partial charge in [-0.2, -0.15) is 0 Å². The Morgan fingerprint density at radius 3 is 2.65 bits per heavy atom. The summed E-state index contributed by atoms with van der Waals surface area (Å²) in [6.45, 7) is 2.13. The molecule has 1 aromatic carbocycles. The third-order valence-electron chi connectivity index (χ3n) is 2.40. The Bertz CT molecular complexity index is 536. The van der Waals surface area contributed by atoms with E-state index in [1.54, 1.807) is 0 Å². The lowest BCUT2D eigenvalue weighted by molar-refractivity contribution is 0.0697. The quantitative estimate of drug-likeness (QED) is 0.721. The van der Waals surface area contributed by atoms with Crippen LogP contribution in [-0.2, 0) is 10.8 Å². The predicted molar refractivity (Wildman–Crippen MR) is 81.7 cm³/mol. The van der Waals surface area contributed by atoms with E-state index in [1.807, 2.05) is 6.92 Å². The Hall–Kier alpha value is -1.41. The highest BCUT2D eigenvalue weighted by atomic mass is 79.9. The molecule has 8 heteroatoms. The summed E-state index contributed by atoms with van der Waals surface area (Å²) in [6.07, 6.45) is 0. The molecule has 0 aliphatic rings. The summed E-state index contributed by atoms with van der Waals surface area (Å²) in [6, 6.07) is 3.87. The molecular formula is C12H15BrN2O4S. The fourth-order valence-corrected chi connectivity index (χ4v) is 2.44. The van der Waals surface area contributed by atoms with Gasteiger partial charge in [0.05, 0.1) is 11.3 Å². The first kappa shape index (κ1) is 16.6. The summed E-state index contributed by atoms with van der Waals surface area (Å²) in [4.78, 5) is 22.4. The van der Waals surface area contributed by atoms with Crippen molar-refractivity contribution in [2.24, 2.45) is 0 Å². The van der Waals surface area contributed by atoms with Gasteiger partial charge in [-0.15, -0.1) is 0 Å².